The molecule has 2 heterocycles. The molecule has 30 heavy (non-hydrogen) atoms. The summed E-state index contributed by atoms with van der Waals surface area (Å²) in [6.45, 7) is 6.55. The van der Waals surface area contributed by atoms with Crippen LogP contribution in [0.2, 0.25) is 0 Å². The van der Waals surface area contributed by atoms with E-state index in [1.807, 2.05) is 11.0 Å². The summed E-state index contributed by atoms with van der Waals surface area (Å²) in [5, 5.41) is 1.89. The first-order chi connectivity index (χ1) is 14.7. The number of fused-ring (bicyclic) bond motifs is 1. The Balaban J connectivity index is 1.60. The van der Waals surface area contributed by atoms with Gasteiger partial charge in [0.05, 0.1) is 5.69 Å². The van der Waals surface area contributed by atoms with Gasteiger partial charge in [-0.15, -0.1) is 0 Å². The van der Waals surface area contributed by atoms with Crippen molar-refractivity contribution in [1.29, 1.82) is 0 Å². The van der Waals surface area contributed by atoms with Crippen LogP contribution >= 0.6 is 23.5 Å². The van der Waals surface area contributed by atoms with Crippen molar-refractivity contribution in [1.82, 2.24) is 4.90 Å². The summed E-state index contributed by atoms with van der Waals surface area (Å²) < 4.78 is 0. The normalized spacial score (nSPS) is 19.8. The van der Waals surface area contributed by atoms with E-state index >= 15 is 0 Å². The predicted octanol–water partition coefficient (Wildman–Crippen LogP) is 5.76. The molecule has 0 aliphatic carbocycles. The highest BCUT2D eigenvalue weighted by Crippen LogP contribution is 2.50. The Labute approximate surface area is 187 Å². The Bertz CT molecular complexity index is 971. The van der Waals surface area contributed by atoms with E-state index in [1.165, 1.54) is 16.1 Å². The molecular weight excluding hydrogens is 410 g/mol. The van der Waals surface area contributed by atoms with Gasteiger partial charge in [0, 0.05) is 24.5 Å². The Morgan fingerprint density at radius 2 is 1.70 bits per heavy atom. The fourth-order valence-electron chi connectivity index (χ4n) is 3.61. The van der Waals surface area contributed by atoms with Gasteiger partial charge < -0.3 is 4.90 Å². The topological polar surface area (TPSA) is 35.9 Å². The first kappa shape index (κ1) is 21.1. The van der Waals surface area contributed by atoms with Gasteiger partial charge in [-0.2, -0.15) is 0 Å². The molecule has 1 saturated heterocycles. The van der Waals surface area contributed by atoms with Crippen LogP contribution in [0.5, 0.6) is 0 Å². The van der Waals surface area contributed by atoms with Crippen molar-refractivity contribution in [3.63, 3.8) is 0 Å². The molecule has 1 fully saturated rings. The molecule has 156 valence electrons. The van der Waals surface area contributed by atoms with Crippen molar-refractivity contribution >= 4 is 40.3 Å². The molecule has 0 atom stereocenters. The number of rotatable bonds is 7. The molecule has 0 N–H and O–H groups in total. The Morgan fingerprint density at radius 3 is 2.47 bits per heavy atom. The Kier molecular flexibility index (Phi) is 6.85. The largest absolute Gasteiger partial charge is 0.334 e. The molecule has 2 aromatic carbocycles. The number of unbranched alkanes of at least 4 members (excludes halogenated alkanes) is 1. The maximum absolute atomic E-state index is 13.4. The second-order valence-corrected chi connectivity index (χ2v) is 9.27. The second kappa shape index (κ2) is 9.75. The SMILES string of the molecule is CCCCN1C(=O)/C(=C2/Sc3ccccc3N2CC)SC1=NCCc1ccccc1. The molecule has 0 unspecified atom stereocenters. The predicted molar refractivity (Wildman–Crippen MR) is 129 cm³/mol. The van der Waals surface area contributed by atoms with Crippen LogP contribution in [0.3, 0.4) is 0 Å². The zero-order chi connectivity index (χ0) is 20.9. The Hall–Kier alpha value is -2.18. The van der Waals surface area contributed by atoms with Crippen LogP contribution in [-0.2, 0) is 11.2 Å². The van der Waals surface area contributed by atoms with Gasteiger partial charge in [0.1, 0.15) is 9.93 Å². The number of aliphatic imine (C=N–C) groups is 1. The van der Waals surface area contributed by atoms with Gasteiger partial charge in [-0.3, -0.25) is 14.7 Å². The first-order valence-corrected chi connectivity index (χ1v) is 12.2. The van der Waals surface area contributed by atoms with Gasteiger partial charge in [-0.05, 0) is 49.2 Å². The number of para-hydroxylation sites is 1. The molecule has 2 aliphatic heterocycles. The number of anilines is 1. The third-order valence-electron chi connectivity index (χ3n) is 5.21. The fraction of sp³-hybridized carbons (Fsp3) is 0.333. The van der Waals surface area contributed by atoms with Crippen molar-refractivity contribution < 1.29 is 4.79 Å². The van der Waals surface area contributed by atoms with Gasteiger partial charge in [0.25, 0.3) is 5.91 Å². The minimum absolute atomic E-state index is 0.0978. The van der Waals surface area contributed by atoms with Crippen molar-refractivity contribution in [2.45, 2.75) is 38.0 Å². The van der Waals surface area contributed by atoms with E-state index in [-0.39, 0.29) is 5.91 Å². The molecule has 0 radical (unpaired) electrons. The molecular formula is C24H27N3OS2. The van der Waals surface area contributed by atoms with Crippen LogP contribution in [0.1, 0.15) is 32.3 Å². The standard InChI is InChI=1S/C24H27N3OS2/c1-3-5-17-27-22(28)21(23-26(4-2)19-13-9-10-14-20(19)29-23)30-24(27)25-16-15-18-11-7-6-8-12-18/h6-14H,3-5,15-17H2,1-2H3/b23-21-,25-24?. The average Bonchev–Trinajstić information content (AvgIpc) is 3.30. The van der Waals surface area contributed by atoms with Crippen LogP contribution in [0, 0.1) is 0 Å². The fourth-order valence-corrected chi connectivity index (χ4v) is 6.03. The van der Waals surface area contributed by atoms with Crippen LogP contribution in [0.4, 0.5) is 5.69 Å². The van der Waals surface area contributed by atoms with Crippen molar-refractivity contribution in [3.05, 3.63) is 70.1 Å². The van der Waals surface area contributed by atoms with Crippen LogP contribution in [0.25, 0.3) is 0 Å². The summed E-state index contributed by atoms with van der Waals surface area (Å²) in [5.74, 6) is 0.0978. The lowest BCUT2D eigenvalue weighted by Crippen LogP contribution is -2.31. The Morgan fingerprint density at radius 1 is 0.933 bits per heavy atom. The maximum Gasteiger partial charge on any atom is 0.269 e. The zero-order valence-corrected chi connectivity index (χ0v) is 19.1. The van der Waals surface area contributed by atoms with E-state index in [2.05, 4.69) is 67.3 Å². The van der Waals surface area contributed by atoms with E-state index in [1.54, 1.807) is 23.5 Å². The lowest BCUT2D eigenvalue weighted by atomic mass is 10.2. The summed E-state index contributed by atoms with van der Waals surface area (Å²) in [4.78, 5) is 24.4. The lowest BCUT2D eigenvalue weighted by molar-refractivity contribution is -0.122. The van der Waals surface area contributed by atoms with Crippen molar-refractivity contribution in [2.75, 3.05) is 24.5 Å². The summed E-state index contributed by atoms with van der Waals surface area (Å²) in [5.41, 5.74) is 2.46. The summed E-state index contributed by atoms with van der Waals surface area (Å²) >= 11 is 3.24. The molecule has 6 heteroatoms. The second-order valence-electron chi connectivity index (χ2n) is 7.26. The first-order valence-electron chi connectivity index (χ1n) is 10.6. The van der Waals surface area contributed by atoms with E-state index in [0.717, 1.165) is 47.5 Å². The minimum atomic E-state index is 0.0978. The number of amides is 1. The zero-order valence-electron chi connectivity index (χ0n) is 17.5. The van der Waals surface area contributed by atoms with Crippen LogP contribution < -0.4 is 4.90 Å². The molecule has 0 bridgehead atoms. The van der Waals surface area contributed by atoms with Gasteiger partial charge in [-0.1, -0.05) is 67.6 Å². The number of nitrogens with zero attached hydrogens (tertiary/aromatic N) is 3. The van der Waals surface area contributed by atoms with Gasteiger partial charge >= 0.3 is 0 Å². The smallest absolute Gasteiger partial charge is 0.269 e. The number of thioether (sulfide) groups is 2. The highest BCUT2D eigenvalue weighted by Gasteiger charge is 2.39. The molecule has 2 aromatic rings. The van der Waals surface area contributed by atoms with Crippen molar-refractivity contribution in [2.24, 2.45) is 4.99 Å². The van der Waals surface area contributed by atoms with Crippen molar-refractivity contribution in [3.8, 4) is 0 Å². The minimum Gasteiger partial charge on any atom is -0.334 e. The number of benzene rings is 2. The summed E-state index contributed by atoms with van der Waals surface area (Å²) in [6.07, 6.45) is 2.92. The maximum atomic E-state index is 13.4. The third-order valence-corrected chi connectivity index (χ3v) is 7.62. The molecule has 2 aliphatic rings. The number of carbonyl (C=O) groups excluding carboxylic acids is 1. The van der Waals surface area contributed by atoms with E-state index in [9.17, 15) is 4.79 Å². The van der Waals surface area contributed by atoms with Gasteiger partial charge in [0.15, 0.2) is 5.17 Å². The average molecular weight is 438 g/mol. The van der Waals surface area contributed by atoms with E-state index < -0.39 is 0 Å². The van der Waals surface area contributed by atoms with E-state index in [0.29, 0.717) is 6.54 Å². The number of amidine groups is 1. The van der Waals surface area contributed by atoms with Crippen LogP contribution in [-0.4, -0.2) is 35.6 Å². The molecule has 1 amide bonds. The molecule has 4 rings (SSSR count). The molecule has 4 nitrogen and oxygen atoms in total. The highest BCUT2D eigenvalue weighted by molar-refractivity contribution is 8.19. The molecule has 0 spiro atoms. The molecule has 0 saturated carbocycles. The number of hydrogen-bond acceptors (Lipinski definition) is 5. The van der Waals surface area contributed by atoms with Crippen LogP contribution in [0.15, 0.2) is 74.4 Å². The van der Waals surface area contributed by atoms with Gasteiger partial charge in [-0.25, -0.2) is 0 Å². The third kappa shape index (κ3) is 4.30. The lowest BCUT2D eigenvalue weighted by Gasteiger charge is -2.19. The summed E-state index contributed by atoms with van der Waals surface area (Å²) in [7, 11) is 0. The quantitative estimate of drug-likeness (QED) is 0.516. The summed E-state index contributed by atoms with van der Waals surface area (Å²) in [6, 6.07) is 18.8. The number of carbonyl (C=O) groups is 1. The molecule has 0 aromatic heterocycles. The monoisotopic (exact) mass is 437 g/mol. The van der Waals surface area contributed by atoms with Gasteiger partial charge in [0.2, 0.25) is 0 Å². The highest BCUT2D eigenvalue weighted by atomic mass is 32.2. The number of hydrogen-bond donors (Lipinski definition) is 0. The van der Waals surface area contributed by atoms with E-state index in [4.69, 9.17) is 4.99 Å².